The van der Waals surface area contributed by atoms with E-state index in [4.69, 9.17) is 16.0 Å². The van der Waals surface area contributed by atoms with Gasteiger partial charge in [0.2, 0.25) is 0 Å². The molecule has 0 bridgehead atoms. The van der Waals surface area contributed by atoms with Gasteiger partial charge in [-0.05, 0) is 24.8 Å². The van der Waals surface area contributed by atoms with Crippen LogP contribution in [-0.4, -0.2) is 17.8 Å². The van der Waals surface area contributed by atoms with E-state index in [2.05, 4.69) is 5.32 Å². The van der Waals surface area contributed by atoms with Gasteiger partial charge in [-0.2, -0.15) is 0 Å². The number of nitrogens with one attached hydrogen (secondary N) is 1. The third-order valence-corrected chi connectivity index (χ3v) is 3.41. The highest BCUT2D eigenvalue weighted by Gasteiger charge is 2.29. The number of rotatable bonds is 5. The van der Waals surface area contributed by atoms with Crippen LogP contribution in [0.15, 0.2) is 16.7 Å². The summed E-state index contributed by atoms with van der Waals surface area (Å²) in [4.78, 5) is 11.8. The molecule has 0 saturated heterocycles. The molecule has 1 aromatic heterocycles. The Bertz CT molecular complexity index is 371. The molecule has 1 heterocycles. The fraction of sp³-hybridized carbons (Fsp3) is 0.583. The summed E-state index contributed by atoms with van der Waals surface area (Å²) in [6.07, 6.45) is 4.65. The van der Waals surface area contributed by atoms with Crippen molar-refractivity contribution in [2.45, 2.75) is 31.6 Å². The number of hydrogen-bond acceptors (Lipinski definition) is 2. The summed E-state index contributed by atoms with van der Waals surface area (Å²) < 4.78 is 5.21. The highest BCUT2D eigenvalue weighted by molar-refractivity contribution is 6.21. The van der Waals surface area contributed by atoms with Crippen LogP contribution in [0.3, 0.4) is 0 Å². The van der Waals surface area contributed by atoms with Crippen molar-refractivity contribution in [1.29, 1.82) is 0 Å². The van der Waals surface area contributed by atoms with E-state index >= 15 is 0 Å². The van der Waals surface area contributed by atoms with Gasteiger partial charge in [0.05, 0.1) is 17.2 Å². The number of carbonyl (C=O) groups is 1. The van der Waals surface area contributed by atoms with Crippen molar-refractivity contribution in [3.63, 3.8) is 0 Å². The maximum absolute atomic E-state index is 11.8. The van der Waals surface area contributed by atoms with Gasteiger partial charge in [-0.3, -0.25) is 4.79 Å². The number of furan rings is 1. The van der Waals surface area contributed by atoms with Crippen LogP contribution in [0.4, 0.5) is 0 Å². The predicted octanol–water partition coefficient (Wildman–Crippen LogP) is 2.59. The molecule has 1 saturated carbocycles. The van der Waals surface area contributed by atoms with Gasteiger partial charge in [-0.25, -0.2) is 0 Å². The van der Waals surface area contributed by atoms with E-state index in [1.807, 2.05) is 6.92 Å². The highest BCUT2D eigenvalue weighted by Crippen LogP contribution is 2.35. The Kier molecular flexibility index (Phi) is 3.54. The smallest absolute Gasteiger partial charge is 0.254 e. The molecule has 1 aromatic rings. The molecule has 88 valence electrons. The van der Waals surface area contributed by atoms with Crippen LogP contribution in [0.1, 0.15) is 35.9 Å². The molecule has 1 atom stereocenters. The van der Waals surface area contributed by atoms with Gasteiger partial charge in [0.15, 0.2) is 0 Å². The summed E-state index contributed by atoms with van der Waals surface area (Å²) in [5, 5.41) is 2.92. The number of carbonyl (C=O) groups excluding carboxylic acids is 1. The molecule has 0 radical (unpaired) electrons. The minimum Gasteiger partial charge on any atom is -0.469 e. The number of hydrogen-bond donors (Lipinski definition) is 1. The van der Waals surface area contributed by atoms with Crippen molar-refractivity contribution in [2.75, 3.05) is 6.54 Å². The third kappa shape index (κ3) is 2.59. The summed E-state index contributed by atoms with van der Waals surface area (Å²) >= 11 is 6.12. The molecule has 0 aliphatic heterocycles. The van der Waals surface area contributed by atoms with Crippen LogP contribution in [0.5, 0.6) is 0 Å². The summed E-state index contributed by atoms with van der Waals surface area (Å²) in [6.45, 7) is 2.50. The zero-order valence-electron chi connectivity index (χ0n) is 9.33. The second kappa shape index (κ2) is 4.91. The lowest BCUT2D eigenvalue weighted by Gasteiger charge is -2.09. The summed E-state index contributed by atoms with van der Waals surface area (Å²) in [5.41, 5.74) is 0.627. The summed E-state index contributed by atoms with van der Waals surface area (Å²) in [5.74, 6) is 1.24. The average Bonchev–Trinajstić information content (AvgIpc) is 3.03. The maximum atomic E-state index is 11.8. The number of halogens is 1. The van der Waals surface area contributed by atoms with Crippen molar-refractivity contribution in [2.24, 2.45) is 5.92 Å². The Morgan fingerprint density at radius 2 is 2.44 bits per heavy atom. The first kappa shape index (κ1) is 11.5. The predicted molar refractivity (Wildman–Crippen MR) is 62.8 cm³/mol. The molecule has 1 N–H and O–H groups in total. The summed E-state index contributed by atoms with van der Waals surface area (Å²) in [6, 6.07) is 1.70. The Morgan fingerprint density at radius 3 is 3.06 bits per heavy atom. The van der Waals surface area contributed by atoms with Crippen LogP contribution < -0.4 is 5.32 Å². The SMILES string of the molecule is CCc1occc1C(=O)NCC(Cl)C1CC1. The van der Waals surface area contributed by atoms with Crippen LogP contribution >= 0.6 is 11.6 Å². The normalized spacial score (nSPS) is 17.1. The fourth-order valence-electron chi connectivity index (χ4n) is 1.73. The molecule has 1 amide bonds. The molecule has 0 aromatic carbocycles. The van der Waals surface area contributed by atoms with Gasteiger partial charge >= 0.3 is 0 Å². The van der Waals surface area contributed by atoms with Crippen LogP contribution in [0, 0.1) is 5.92 Å². The van der Waals surface area contributed by atoms with Crippen molar-refractivity contribution in [3.8, 4) is 0 Å². The molecular weight excluding hydrogens is 226 g/mol. The quantitative estimate of drug-likeness (QED) is 0.806. The molecular formula is C12H16ClNO2. The zero-order valence-corrected chi connectivity index (χ0v) is 10.1. The third-order valence-electron chi connectivity index (χ3n) is 2.90. The topological polar surface area (TPSA) is 42.2 Å². The molecule has 3 nitrogen and oxygen atoms in total. The molecule has 1 unspecified atom stereocenters. The Hall–Kier alpha value is -0.960. The molecule has 1 fully saturated rings. The van der Waals surface area contributed by atoms with Gasteiger partial charge in [0, 0.05) is 13.0 Å². The second-order valence-corrected chi connectivity index (χ2v) is 4.74. The molecule has 0 spiro atoms. The van der Waals surface area contributed by atoms with E-state index in [0.717, 1.165) is 12.2 Å². The number of alkyl halides is 1. The lowest BCUT2D eigenvalue weighted by molar-refractivity contribution is 0.0951. The maximum Gasteiger partial charge on any atom is 0.254 e. The Balaban J connectivity index is 1.87. The Labute approximate surface area is 100 Å². The van der Waals surface area contributed by atoms with E-state index in [-0.39, 0.29) is 11.3 Å². The van der Waals surface area contributed by atoms with Crippen LogP contribution in [0.2, 0.25) is 0 Å². The average molecular weight is 242 g/mol. The van der Waals surface area contributed by atoms with E-state index in [1.165, 1.54) is 12.8 Å². The van der Waals surface area contributed by atoms with Gasteiger partial charge in [0.1, 0.15) is 5.76 Å². The van der Waals surface area contributed by atoms with Crippen molar-refractivity contribution >= 4 is 17.5 Å². The lowest BCUT2D eigenvalue weighted by atomic mass is 10.2. The largest absolute Gasteiger partial charge is 0.469 e. The van der Waals surface area contributed by atoms with E-state index in [1.54, 1.807) is 12.3 Å². The monoisotopic (exact) mass is 241 g/mol. The van der Waals surface area contributed by atoms with Crippen LogP contribution in [-0.2, 0) is 6.42 Å². The van der Waals surface area contributed by atoms with Crippen molar-refractivity contribution in [3.05, 3.63) is 23.7 Å². The van der Waals surface area contributed by atoms with Crippen LogP contribution in [0.25, 0.3) is 0 Å². The Morgan fingerprint density at radius 1 is 1.69 bits per heavy atom. The van der Waals surface area contributed by atoms with E-state index < -0.39 is 0 Å². The zero-order chi connectivity index (χ0) is 11.5. The highest BCUT2D eigenvalue weighted by atomic mass is 35.5. The number of amides is 1. The first-order valence-corrected chi connectivity index (χ1v) is 6.14. The molecule has 2 rings (SSSR count). The van der Waals surface area contributed by atoms with Gasteiger partial charge in [-0.1, -0.05) is 6.92 Å². The fourth-order valence-corrected chi connectivity index (χ4v) is 2.06. The first-order chi connectivity index (χ1) is 7.72. The van der Waals surface area contributed by atoms with E-state index in [0.29, 0.717) is 18.0 Å². The lowest BCUT2D eigenvalue weighted by Crippen LogP contribution is -2.30. The minimum atomic E-state index is -0.0862. The van der Waals surface area contributed by atoms with Gasteiger partial charge in [0.25, 0.3) is 5.91 Å². The summed E-state index contributed by atoms with van der Waals surface area (Å²) in [7, 11) is 0. The standard InChI is InChI=1S/C12H16ClNO2/c1-2-11-9(5-6-16-11)12(15)14-7-10(13)8-3-4-8/h5-6,8,10H,2-4,7H2,1H3,(H,14,15). The van der Waals surface area contributed by atoms with Gasteiger partial charge in [-0.15, -0.1) is 11.6 Å². The number of aryl methyl sites for hydroxylation is 1. The van der Waals surface area contributed by atoms with Crippen molar-refractivity contribution in [1.82, 2.24) is 5.32 Å². The molecule has 1 aliphatic rings. The minimum absolute atomic E-state index is 0.0703. The molecule has 16 heavy (non-hydrogen) atoms. The molecule has 4 heteroatoms. The molecule has 1 aliphatic carbocycles. The van der Waals surface area contributed by atoms with Gasteiger partial charge < -0.3 is 9.73 Å². The van der Waals surface area contributed by atoms with Crippen molar-refractivity contribution < 1.29 is 9.21 Å². The van der Waals surface area contributed by atoms with E-state index in [9.17, 15) is 4.79 Å². The first-order valence-electron chi connectivity index (χ1n) is 5.71. The second-order valence-electron chi connectivity index (χ2n) is 4.17.